The predicted octanol–water partition coefficient (Wildman–Crippen LogP) is 3.23. The summed E-state index contributed by atoms with van der Waals surface area (Å²) < 4.78 is 5.51. The number of carbonyl (C=O) groups is 1. The zero-order valence-corrected chi connectivity index (χ0v) is 15.6. The Balaban J connectivity index is 1.24. The Morgan fingerprint density at radius 1 is 1.07 bits per heavy atom. The van der Waals surface area contributed by atoms with Crippen molar-refractivity contribution in [2.45, 2.75) is 38.5 Å². The summed E-state index contributed by atoms with van der Waals surface area (Å²) in [6, 6.07) is 17.0. The van der Waals surface area contributed by atoms with Crippen molar-refractivity contribution in [1.82, 2.24) is 10.6 Å². The van der Waals surface area contributed by atoms with Crippen molar-refractivity contribution < 1.29 is 9.53 Å². The maximum Gasteiger partial charge on any atom is 0.315 e. The molecule has 2 aromatic carbocycles. The Bertz CT molecular complexity index is 769. The molecule has 0 aliphatic carbocycles. The van der Waals surface area contributed by atoms with Crippen LogP contribution in [0, 0.1) is 0 Å². The van der Waals surface area contributed by atoms with E-state index in [9.17, 15) is 4.79 Å². The van der Waals surface area contributed by atoms with Crippen molar-refractivity contribution in [2.24, 2.45) is 0 Å². The van der Waals surface area contributed by atoms with Crippen LogP contribution < -0.4 is 15.5 Å². The van der Waals surface area contributed by atoms with Gasteiger partial charge in [-0.3, -0.25) is 0 Å². The molecule has 2 aromatic rings. The van der Waals surface area contributed by atoms with Crippen LogP contribution in [0.25, 0.3) is 0 Å². The van der Waals surface area contributed by atoms with E-state index in [1.807, 2.05) is 0 Å². The van der Waals surface area contributed by atoms with E-state index in [4.69, 9.17) is 4.74 Å². The molecule has 2 aliphatic rings. The van der Waals surface area contributed by atoms with Gasteiger partial charge >= 0.3 is 6.03 Å². The van der Waals surface area contributed by atoms with Gasteiger partial charge in [0, 0.05) is 38.5 Å². The van der Waals surface area contributed by atoms with Gasteiger partial charge in [-0.05, 0) is 42.0 Å². The van der Waals surface area contributed by atoms with E-state index in [1.165, 1.54) is 16.8 Å². The number of para-hydroxylation sites is 1. The zero-order valence-electron chi connectivity index (χ0n) is 15.6. The molecule has 0 unspecified atom stereocenters. The van der Waals surface area contributed by atoms with E-state index in [2.05, 4.69) is 64.1 Å². The number of carbonyl (C=O) groups excluding carboxylic acids is 1. The lowest BCUT2D eigenvalue weighted by molar-refractivity contribution is 0.111. The van der Waals surface area contributed by atoms with Crippen LogP contribution in [-0.2, 0) is 24.2 Å². The van der Waals surface area contributed by atoms with Crippen LogP contribution in [0.5, 0.6) is 0 Å². The van der Waals surface area contributed by atoms with Crippen molar-refractivity contribution in [3.05, 3.63) is 65.2 Å². The van der Waals surface area contributed by atoms with E-state index < -0.39 is 0 Å². The number of rotatable bonds is 6. The number of benzene rings is 2. The number of nitrogens with zero attached hydrogens (tertiary/aromatic N) is 1. The Hall–Kier alpha value is -2.53. The second-order valence-corrected chi connectivity index (χ2v) is 7.32. The summed E-state index contributed by atoms with van der Waals surface area (Å²) in [5.41, 5.74) is 5.18. The van der Waals surface area contributed by atoms with Gasteiger partial charge in [0.25, 0.3) is 0 Å². The molecule has 2 amide bonds. The highest BCUT2D eigenvalue weighted by molar-refractivity contribution is 5.73. The number of hydrogen-bond donors (Lipinski definition) is 2. The van der Waals surface area contributed by atoms with Crippen LogP contribution in [0.4, 0.5) is 10.5 Å². The molecular formula is C22H27N3O2. The largest absolute Gasteiger partial charge is 0.376 e. The van der Waals surface area contributed by atoms with Gasteiger partial charge in [-0.15, -0.1) is 0 Å². The molecule has 2 aliphatic heterocycles. The monoisotopic (exact) mass is 365 g/mol. The molecule has 1 saturated heterocycles. The Morgan fingerprint density at radius 3 is 2.70 bits per heavy atom. The third-order valence-electron chi connectivity index (χ3n) is 5.35. The van der Waals surface area contributed by atoms with Gasteiger partial charge in [-0.2, -0.15) is 0 Å². The molecule has 0 bridgehead atoms. The third-order valence-corrected chi connectivity index (χ3v) is 5.35. The first kappa shape index (κ1) is 17.9. The molecule has 27 heavy (non-hydrogen) atoms. The molecule has 2 N–H and O–H groups in total. The number of ether oxygens (including phenoxy) is 1. The van der Waals surface area contributed by atoms with Crippen LogP contribution in [0.3, 0.4) is 0 Å². The van der Waals surface area contributed by atoms with E-state index in [0.717, 1.165) is 44.5 Å². The predicted molar refractivity (Wildman–Crippen MR) is 107 cm³/mol. The Labute approximate surface area is 160 Å². The number of fused-ring (bicyclic) bond motifs is 1. The van der Waals surface area contributed by atoms with Gasteiger partial charge in [0.1, 0.15) is 0 Å². The van der Waals surface area contributed by atoms with Crippen LogP contribution in [0.2, 0.25) is 0 Å². The summed E-state index contributed by atoms with van der Waals surface area (Å²) in [7, 11) is 0. The standard InChI is InChI=1S/C22H27N3O2/c26-22(24-15-20-5-3-13-27-20)23-14-17-7-9-18(10-8-17)16-25-12-11-19-4-1-2-6-21(19)25/h1-2,4,6-10,20H,3,5,11-16H2,(H2,23,24,26)/t20-/m0/s1. The van der Waals surface area contributed by atoms with Crippen molar-refractivity contribution in [2.75, 3.05) is 24.6 Å². The number of amides is 2. The fourth-order valence-corrected chi connectivity index (χ4v) is 3.81. The molecule has 5 nitrogen and oxygen atoms in total. The highest BCUT2D eigenvalue weighted by atomic mass is 16.5. The van der Waals surface area contributed by atoms with Crippen molar-refractivity contribution in [1.29, 1.82) is 0 Å². The maximum absolute atomic E-state index is 11.9. The maximum atomic E-state index is 11.9. The lowest BCUT2D eigenvalue weighted by Crippen LogP contribution is -2.39. The van der Waals surface area contributed by atoms with Crippen LogP contribution in [0.15, 0.2) is 48.5 Å². The quantitative estimate of drug-likeness (QED) is 0.826. The summed E-state index contributed by atoms with van der Waals surface area (Å²) in [6.07, 6.45) is 3.41. The minimum atomic E-state index is -0.136. The molecule has 0 spiro atoms. The number of hydrogen-bond acceptors (Lipinski definition) is 3. The first-order chi connectivity index (χ1) is 13.3. The van der Waals surface area contributed by atoms with Crippen molar-refractivity contribution in [3.63, 3.8) is 0 Å². The fraction of sp³-hybridized carbons (Fsp3) is 0.409. The average Bonchev–Trinajstić information content (AvgIpc) is 3.36. The van der Waals surface area contributed by atoms with Crippen molar-refractivity contribution in [3.8, 4) is 0 Å². The van der Waals surface area contributed by atoms with E-state index in [0.29, 0.717) is 13.1 Å². The van der Waals surface area contributed by atoms with Gasteiger partial charge in [0.05, 0.1) is 6.10 Å². The molecule has 4 rings (SSSR count). The molecule has 1 atom stereocenters. The molecule has 0 saturated carbocycles. The lowest BCUT2D eigenvalue weighted by atomic mass is 10.1. The van der Waals surface area contributed by atoms with Gasteiger partial charge in [-0.1, -0.05) is 42.5 Å². The molecule has 2 heterocycles. The summed E-state index contributed by atoms with van der Waals surface area (Å²) >= 11 is 0. The molecule has 5 heteroatoms. The summed E-state index contributed by atoms with van der Waals surface area (Å²) in [5.74, 6) is 0. The summed E-state index contributed by atoms with van der Waals surface area (Å²) in [6.45, 7) is 3.93. The van der Waals surface area contributed by atoms with E-state index in [1.54, 1.807) is 0 Å². The SMILES string of the molecule is O=C(NCc1ccc(CN2CCc3ccccc32)cc1)NC[C@@H]1CCCO1. The molecular weight excluding hydrogens is 338 g/mol. The van der Waals surface area contributed by atoms with Crippen molar-refractivity contribution >= 4 is 11.7 Å². The minimum Gasteiger partial charge on any atom is -0.376 e. The highest BCUT2D eigenvalue weighted by Gasteiger charge is 2.18. The average molecular weight is 365 g/mol. The summed E-state index contributed by atoms with van der Waals surface area (Å²) in [5, 5.41) is 5.79. The van der Waals surface area contributed by atoms with Crippen LogP contribution in [-0.4, -0.2) is 31.8 Å². The Morgan fingerprint density at radius 2 is 1.89 bits per heavy atom. The highest BCUT2D eigenvalue weighted by Crippen LogP contribution is 2.28. The number of anilines is 1. The Kier molecular flexibility index (Phi) is 5.58. The van der Waals surface area contributed by atoms with Gasteiger partial charge in [-0.25, -0.2) is 4.79 Å². The van der Waals surface area contributed by atoms with Crippen LogP contribution >= 0.6 is 0 Å². The van der Waals surface area contributed by atoms with Crippen LogP contribution in [0.1, 0.15) is 29.5 Å². The van der Waals surface area contributed by atoms with Gasteiger partial charge in [0.15, 0.2) is 0 Å². The smallest absolute Gasteiger partial charge is 0.315 e. The van der Waals surface area contributed by atoms with E-state index >= 15 is 0 Å². The minimum absolute atomic E-state index is 0.136. The molecule has 0 radical (unpaired) electrons. The first-order valence-electron chi connectivity index (χ1n) is 9.82. The molecule has 142 valence electrons. The summed E-state index contributed by atoms with van der Waals surface area (Å²) in [4.78, 5) is 14.3. The molecule has 0 aromatic heterocycles. The zero-order chi connectivity index (χ0) is 18.5. The second kappa shape index (κ2) is 8.44. The second-order valence-electron chi connectivity index (χ2n) is 7.32. The first-order valence-corrected chi connectivity index (χ1v) is 9.82. The molecule has 1 fully saturated rings. The lowest BCUT2D eigenvalue weighted by Gasteiger charge is -2.19. The topological polar surface area (TPSA) is 53.6 Å². The number of urea groups is 1. The third kappa shape index (κ3) is 4.61. The fourth-order valence-electron chi connectivity index (χ4n) is 3.81. The number of nitrogens with one attached hydrogen (secondary N) is 2. The van der Waals surface area contributed by atoms with Gasteiger partial charge in [0.2, 0.25) is 0 Å². The van der Waals surface area contributed by atoms with Gasteiger partial charge < -0.3 is 20.3 Å². The van der Waals surface area contributed by atoms with E-state index in [-0.39, 0.29) is 12.1 Å². The normalized spacial score (nSPS) is 18.4.